The minimum absolute atomic E-state index is 0.124. The number of hydrogen-bond donors (Lipinski definition) is 1. The molecular formula is C15H24BrNO. The van der Waals surface area contributed by atoms with Gasteiger partial charge in [0.05, 0.1) is 6.61 Å². The van der Waals surface area contributed by atoms with Gasteiger partial charge < -0.3 is 10.1 Å². The molecule has 0 amide bonds. The first-order valence-electron chi connectivity index (χ1n) is 6.42. The molecule has 1 rings (SSSR count). The topological polar surface area (TPSA) is 21.3 Å². The third kappa shape index (κ3) is 5.40. The Labute approximate surface area is 119 Å². The van der Waals surface area contributed by atoms with Crippen molar-refractivity contribution in [2.24, 2.45) is 5.41 Å². The Kier molecular flexibility index (Phi) is 5.67. The highest BCUT2D eigenvalue weighted by molar-refractivity contribution is 9.10. The lowest BCUT2D eigenvalue weighted by Gasteiger charge is -2.26. The highest BCUT2D eigenvalue weighted by Gasteiger charge is 2.19. The molecule has 0 aliphatic rings. The maximum absolute atomic E-state index is 5.94. The van der Waals surface area contributed by atoms with Crippen LogP contribution in [0.15, 0.2) is 22.7 Å². The van der Waals surface area contributed by atoms with Crippen molar-refractivity contribution in [2.45, 2.75) is 40.7 Å². The van der Waals surface area contributed by atoms with E-state index in [0.717, 1.165) is 16.8 Å². The van der Waals surface area contributed by atoms with Crippen LogP contribution >= 0.6 is 15.9 Å². The first-order valence-corrected chi connectivity index (χ1v) is 7.22. The summed E-state index contributed by atoms with van der Waals surface area (Å²) in [4.78, 5) is 0. The van der Waals surface area contributed by atoms with Crippen LogP contribution in [0.3, 0.4) is 0 Å². The molecule has 0 aliphatic carbocycles. The average Bonchev–Trinajstić information content (AvgIpc) is 2.28. The quantitative estimate of drug-likeness (QED) is 0.851. The maximum atomic E-state index is 5.94. The molecule has 0 bridgehead atoms. The lowest BCUT2D eigenvalue weighted by Crippen LogP contribution is -2.37. The van der Waals surface area contributed by atoms with Gasteiger partial charge in [0, 0.05) is 22.5 Å². The van der Waals surface area contributed by atoms with Gasteiger partial charge in [-0.1, -0.05) is 49.7 Å². The molecule has 0 spiro atoms. The lowest BCUT2D eigenvalue weighted by atomic mass is 9.94. The number of halogens is 1. The summed E-state index contributed by atoms with van der Waals surface area (Å²) >= 11 is 3.47. The van der Waals surface area contributed by atoms with E-state index in [0.29, 0.717) is 12.6 Å². The second kappa shape index (κ2) is 6.58. The molecule has 0 saturated carbocycles. The highest BCUT2D eigenvalue weighted by Crippen LogP contribution is 2.25. The van der Waals surface area contributed by atoms with Gasteiger partial charge in [0.15, 0.2) is 0 Å². The third-order valence-corrected chi connectivity index (χ3v) is 3.25. The largest absolute Gasteiger partial charge is 0.493 e. The Hall–Kier alpha value is -0.540. The monoisotopic (exact) mass is 313 g/mol. The van der Waals surface area contributed by atoms with E-state index in [9.17, 15) is 0 Å². The number of nitrogens with one attached hydrogen (secondary N) is 1. The van der Waals surface area contributed by atoms with E-state index in [1.807, 2.05) is 12.1 Å². The second-order valence-corrected chi connectivity index (χ2v) is 6.81. The molecule has 2 nitrogen and oxygen atoms in total. The molecule has 18 heavy (non-hydrogen) atoms. The highest BCUT2D eigenvalue weighted by atomic mass is 79.9. The van der Waals surface area contributed by atoms with Crippen LogP contribution in [0.1, 0.15) is 33.3 Å². The van der Waals surface area contributed by atoms with Crippen LogP contribution in [0, 0.1) is 12.3 Å². The van der Waals surface area contributed by atoms with Gasteiger partial charge >= 0.3 is 0 Å². The van der Waals surface area contributed by atoms with Gasteiger partial charge in [0.25, 0.3) is 0 Å². The summed E-state index contributed by atoms with van der Waals surface area (Å²) in [6, 6.07) is 6.64. The van der Waals surface area contributed by atoms with Gasteiger partial charge in [0.1, 0.15) is 5.75 Å². The van der Waals surface area contributed by atoms with Crippen LogP contribution in [0.5, 0.6) is 5.75 Å². The summed E-state index contributed by atoms with van der Waals surface area (Å²) in [5.41, 5.74) is 1.30. The van der Waals surface area contributed by atoms with Crippen molar-refractivity contribution in [3.05, 3.63) is 28.2 Å². The van der Waals surface area contributed by atoms with E-state index in [2.05, 4.69) is 61.9 Å². The zero-order valence-electron chi connectivity index (χ0n) is 12.0. The number of ether oxygens (including phenoxy) is 1. The van der Waals surface area contributed by atoms with Gasteiger partial charge in [-0.05, 0) is 24.6 Å². The average molecular weight is 314 g/mol. The van der Waals surface area contributed by atoms with Crippen LogP contribution in [0.2, 0.25) is 0 Å². The Morgan fingerprint density at radius 3 is 2.61 bits per heavy atom. The van der Waals surface area contributed by atoms with Crippen LogP contribution in [0.25, 0.3) is 0 Å². The van der Waals surface area contributed by atoms with Crippen LogP contribution in [0.4, 0.5) is 0 Å². The Morgan fingerprint density at radius 1 is 1.33 bits per heavy atom. The normalized spacial score (nSPS) is 11.9. The standard InChI is InChI=1S/C15H24BrNO/c1-11(2)17-9-15(4,5)10-18-14-8-13(16)7-6-12(14)3/h6-8,11,17H,9-10H2,1-5H3. The third-order valence-electron chi connectivity index (χ3n) is 2.76. The Morgan fingerprint density at radius 2 is 2.00 bits per heavy atom. The van der Waals surface area contributed by atoms with Crippen LogP contribution < -0.4 is 10.1 Å². The zero-order valence-corrected chi connectivity index (χ0v) is 13.6. The molecule has 0 fully saturated rings. The molecule has 0 saturated heterocycles. The van der Waals surface area contributed by atoms with Crippen LogP contribution in [-0.4, -0.2) is 19.2 Å². The summed E-state index contributed by atoms with van der Waals surface area (Å²) in [6.45, 7) is 12.5. The van der Waals surface area contributed by atoms with Crippen molar-refractivity contribution in [1.82, 2.24) is 5.32 Å². The summed E-state index contributed by atoms with van der Waals surface area (Å²) in [5, 5.41) is 3.46. The smallest absolute Gasteiger partial charge is 0.123 e. The van der Waals surface area contributed by atoms with Gasteiger partial charge in [-0.15, -0.1) is 0 Å². The minimum atomic E-state index is 0.124. The van der Waals surface area contributed by atoms with E-state index in [1.165, 1.54) is 5.56 Å². The predicted molar refractivity (Wildman–Crippen MR) is 81.3 cm³/mol. The van der Waals surface area contributed by atoms with E-state index in [-0.39, 0.29) is 5.41 Å². The number of rotatable bonds is 6. The second-order valence-electron chi connectivity index (χ2n) is 5.90. The van der Waals surface area contributed by atoms with Gasteiger partial charge in [-0.2, -0.15) is 0 Å². The SMILES string of the molecule is Cc1ccc(Br)cc1OCC(C)(C)CNC(C)C. The molecule has 0 heterocycles. The van der Waals surface area contributed by atoms with Gasteiger partial charge in [-0.25, -0.2) is 0 Å². The number of hydrogen-bond acceptors (Lipinski definition) is 2. The molecule has 0 unspecified atom stereocenters. The van der Waals surface area contributed by atoms with E-state index in [4.69, 9.17) is 4.74 Å². The number of aryl methyl sites for hydroxylation is 1. The lowest BCUT2D eigenvalue weighted by molar-refractivity contribution is 0.172. The fraction of sp³-hybridized carbons (Fsp3) is 0.600. The Balaban J connectivity index is 2.55. The van der Waals surface area contributed by atoms with Crippen molar-refractivity contribution in [3.8, 4) is 5.75 Å². The Bertz CT molecular complexity index is 388. The summed E-state index contributed by atoms with van der Waals surface area (Å²) < 4.78 is 7.00. The molecule has 0 atom stereocenters. The summed E-state index contributed by atoms with van der Waals surface area (Å²) in [5.74, 6) is 0.960. The van der Waals surface area contributed by atoms with Crippen molar-refractivity contribution in [2.75, 3.05) is 13.2 Å². The van der Waals surface area contributed by atoms with E-state index >= 15 is 0 Å². The van der Waals surface area contributed by atoms with E-state index in [1.54, 1.807) is 0 Å². The predicted octanol–water partition coefficient (Wildman–Crippen LogP) is 4.16. The molecule has 0 radical (unpaired) electrons. The molecule has 3 heteroatoms. The summed E-state index contributed by atoms with van der Waals surface area (Å²) in [7, 11) is 0. The number of benzene rings is 1. The zero-order chi connectivity index (χ0) is 13.8. The molecular weight excluding hydrogens is 290 g/mol. The molecule has 102 valence electrons. The first kappa shape index (κ1) is 15.5. The van der Waals surface area contributed by atoms with Crippen molar-refractivity contribution >= 4 is 15.9 Å². The van der Waals surface area contributed by atoms with Crippen molar-refractivity contribution in [1.29, 1.82) is 0 Å². The first-order chi connectivity index (χ1) is 8.30. The van der Waals surface area contributed by atoms with Gasteiger partial charge in [0.2, 0.25) is 0 Å². The fourth-order valence-corrected chi connectivity index (χ4v) is 1.87. The molecule has 1 N–H and O–H groups in total. The van der Waals surface area contributed by atoms with Gasteiger partial charge in [-0.3, -0.25) is 0 Å². The summed E-state index contributed by atoms with van der Waals surface area (Å²) in [6.07, 6.45) is 0. The molecule has 0 aromatic heterocycles. The molecule has 1 aromatic carbocycles. The van der Waals surface area contributed by atoms with Crippen molar-refractivity contribution < 1.29 is 4.74 Å². The van der Waals surface area contributed by atoms with Crippen LogP contribution in [-0.2, 0) is 0 Å². The minimum Gasteiger partial charge on any atom is -0.493 e. The fourth-order valence-electron chi connectivity index (χ4n) is 1.53. The maximum Gasteiger partial charge on any atom is 0.123 e. The van der Waals surface area contributed by atoms with Crippen molar-refractivity contribution in [3.63, 3.8) is 0 Å². The molecule has 0 aliphatic heterocycles. The molecule has 1 aromatic rings. The van der Waals surface area contributed by atoms with E-state index < -0.39 is 0 Å².